The van der Waals surface area contributed by atoms with Crippen LogP contribution in [0.3, 0.4) is 0 Å². The molecule has 0 aromatic rings. The fraction of sp³-hybridized carbons (Fsp3) is 0.667. The van der Waals surface area contributed by atoms with Gasteiger partial charge in [0.25, 0.3) is 0 Å². The first-order valence-electron chi connectivity index (χ1n) is 4.05. The van der Waals surface area contributed by atoms with Gasteiger partial charge in [-0.3, -0.25) is 0 Å². The zero-order chi connectivity index (χ0) is 8.53. The summed E-state index contributed by atoms with van der Waals surface area (Å²) in [5.41, 5.74) is 1.18. The molecule has 0 aliphatic rings. The lowest BCUT2D eigenvalue weighted by Gasteiger charge is -2.00. The number of rotatable bonds is 6. The van der Waals surface area contributed by atoms with Crippen LogP contribution in [-0.2, 0) is 9.53 Å². The Morgan fingerprint density at radius 1 is 1.55 bits per heavy atom. The summed E-state index contributed by atoms with van der Waals surface area (Å²) in [5.74, 6) is 0. The van der Waals surface area contributed by atoms with Gasteiger partial charge in [0.2, 0.25) is 0 Å². The van der Waals surface area contributed by atoms with E-state index in [1.165, 1.54) is 24.7 Å². The number of allylic oxidation sites excluding steroid dienone is 1. The molecule has 0 spiro atoms. The minimum atomic E-state index is 0.946. The third kappa shape index (κ3) is 5.64. The van der Waals surface area contributed by atoms with Gasteiger partial charge in [-0.1, -0.05) is 20.3 Å². The molecule has 1 radical (unpaired) electrons. The molecule has 11 heavy (non-hydrogen) atoms. The highest BCUT2D eigenvalue weighted by atomic mass is 16.5. The highest BCUT2D eigenvalue weighted by Crippen LogP contribution is 2.10. The summed E-state index contributed by atoms with van der Waals surface area (Å²) in [6.07, 6.45) is 5.79. The van der Waals surface area contributed by atoms with Gasteiger partial charge in [-0.05, 0) is 24.8 Å². The van der Waals surface area contributed by atoms with Crippen LogP contribution in [0.25, 0.3) is 0 Å². The normalized spacial score (nSPS) is 11.3. The van der Waals surface area contributed by atoms with Crippen molar-refractivity contribution in [1.82, 2.24) is 0 Å². The van der Waals surface area contributed by atoms with E-state index < -0.39 is 0 Å². The third-order valence-corrected chi connectivity index (χ3v) is 1.58. The lowest BCUT2D eigenvalue weighted by molar-refractivity contribution is 0.392. The molecule has 63 valence electrons. The fourth-order valence-electron chi connectivity index (χ4n) is 0.830. The van der Waals surface area contributed by atoms with E-state index in [0.29, 0.717) is 0 Å². The van der Waals surface area contributed by atoms with Crippen molar-refractivity contribution in [3.63, 3.8) is 0 Å². The zero-order valence-corrected chi connectivity index (χ0v) is 7.22. The summed E-state index contributed by atoms with van der Waals surface area (Å²) in [4.78, 5) is 9.71. The zero-order valence-electron chi connectivity index (χ0n) is 7.22. The molecule has 0 aromatic heterocycles. The first kappa shape index (κ1) is 10.2. The molecule has 2 nitrogen and oxygen atoms in total. The lowest BCUT2D eigenvalue weighted by Crippen LogP contribution is -1.84. The molecule has 2 heteroatoms. The van der Waals surface area contributed by atoms with Crippen LogP contribution in [0.1, 0.15) is 39.5 Å². The molecule has 0 N–H and O–H groups in total. The predicted octanol–water partition coefficient (Wildman–Crippen LogP) is 2.55. The smallest absolute Gasteiger partial charge is 0.422 e. The largest absolute Gasteiger partial charge is 0.426 e. The van der Waals surface area contributed by atoms with Crippen LogP contribution in [-0.4, -0.2) is 6.47 Å². The van der Waals surface area contributed by atoms with Crippen molar-refractivity contribution in [2.24, 2.45) is 0 Å². The topological polar surface area (TPSA) is 26.3 Å². The standard InChI is InChI=1S/C9H15O2/c1-3-5-6-9(4-2)7-11-8-10/h7H,3-6H2,1-2H3. The van der Waals surface area contributed by atoms with E-state index in [9.17, 15) is 4.79 Å². The van der Waals surface area contributed by atoms with Crippen LogP contribution < -0.4 is 0 Å². The molecule has 0 heterocycles. The molecular formula is C9H15O2. The molecule has 0 unspecified atom stereocenters. The summed E-state index contributed by atoms with van der Waals surface area (Å²) in [6, 6.07) is 0. The summed E-state index contributed by atoms with van der Waals surface area (Å²) in [5, 5.41) is 0. The number of hydrogen-bond donors (Lipinski definition) is 0. The average molecular weight is 155 g/mol. The first-order chi connectivity index (χ1) is 5.35. The molecule has 0 atom stereocenters. The number of unbranched alkanes of at least 4 members (excludes halogenated alkanes) is 1. The van der Waals surface area contributed by atoms with Crippen molar-refractivity contribution < 1.29 is 9.53 Å². The quantitative estimate of drug-likeness (QED) is 0.551. The second-order valence-corrected chi connectivity index (χ2v) is 2.43. The van der Waals surface area contributed by atoms with Crippen molar-refractivity contribution in [2.75, 3.05) is 0 Å². The van der Waals surface area contributed by atoms with Crippen LogP contribution in [0.4, 0.5) is 0 Å². The second kappa shape index (κ2) is 7.32. The SMILES string of the molecule is CCCCC(=CO[C]=O)CC. The van der Waals surface area contributed by atoms with Crippen LogP contribution in [0.5, 0.6) is 0 Å². The van der Waals surface area contributed by atoms with Crippen LogP contribution >= 0.6 is 0 Å². The summed E-state index contributed by atoms with van der Waals surface area (Å²) < 4.78 is 4.42. The second-order valence-electron chi connectivity index (χ2n) is 2.43. The minimum Gasteiger partial charge on any atom is -0.426 e. The van der Waals surface area contributed by atoms with E-state index in [1.807, 2.05) is 0 Å². The Kier molecular flexibility index (Phi) is 6.79. The van der Waals surface area contributed by atoms with Gasteiger partial charge >= 0.3 is 6.47 Å². The van der Waals surface area contributed by atoms with Crippen molar-refractivity contribution in [2.45, 2.75) is 39.5 Å². The van der Waals surface area contributed by atoms with Gasteiger partial charge in [-0.2, -0.15) is 0 Å². The Hall–Kier alpha value is -0.790. The molecule has 0 saturated heterocycles. The van der Waals surface area contributed by atoms with Crippen molar-refractivity contribution >= 4 is 6.47 Å². The minimum absolute atomic E-state index is 0.946. The maximum absolute atomic E-state index is 9.71. The monoisotopic (exact) mass is 155 g/mol. The van der Waals surface area contributed by atoms with Crippen LogP contribution in [0.2, 0.25) is 0 Å². The Labute approximate surface area is 68.2 Å². The Bertz CT molecular complexity index is 128. The number of hydrogen-bond acceptors (Lipinski definition) is 2. The molecule has 0 bridgehead atoms. The van der Waals surface area contributed by atoms with Crippen molar-refractivity contribution in [3.05, 3.63) is 11.8 Å². The van der Waals surface area contributed by atoms with E-state index in [0.717, 1.165) is 19.3 Å². The highest BCUT2D eigenvalue weighted by molar-refractivity contribution is 5.39. The fourth-order valence-corrected chi connectivity index (χ4v) is 0.830. The molecule has 0 fully saturated rings. The predicted molar refractivity (Wildman–Crippen MR) is 44.7 cm³/mol. The van der Waals surface area contributed by atoms with Crippen molar-refractivity contribution in [1.29, 1.82) is 0 Å². The number of ether oxygens (including phenoxy) is 1. The van der Waals surface area contributed by atoms with Gasteiger partial charge in [0.1, 0.15) is 0 Å². The van der Waals surface area contributed by atoms with E-state index in [2.05, 4.69) is 18.6 Å². The van der Waals surface area contributed by atoms with Crippen molar-refractivity contribution in [3.8, 4) is 0 Å². The van der Waals surface area contributed by atoms with E-state index in [-0.39, 0.29) is 0 Å². The van der Waals surface area contributed by atoms with Gasteiger partial charge in [0.15, 0.2) is 0 Å². The molecule has 0 amide bonds. The molecule has 0 aliphatic heterocycles. The number of carbonyl (C=O) groups excluding carboxylic acids is 1. The van der Waals surface area contributed by atoms with Gasteiger partial charge in [0.05, 0.1) is 6.26 Å². The molecule has 0 aliphatic carbocycles. The molecular weight excluding hydrogens is 140 g/mol. The third-order valence-electron chi connectivity index (χ3n) is 1.58. The molecule has 0 aromatic carbocycles. The van der Waals surface area contributed by atoms with Gasteiger partial charge < -0.3 is 4.74 Å². The van der Waals surface area contributed by atoms with Crippen LogP contribution in [0, 0.1) is 0 Å². The van der Waals surface area contributed by atoms with E-state index in [4.69, 9.17) is 0 Å². The van der Waals surface area contributed by atoms with E-state index in [1.54, 1.807) is 0 Å². The Balaban J connectivity index is 3.63. The summed E-state index contributed by atoms with van der Waals surface area (Å²) in [6.45, 7) is 5.57. The Morgan fingerprint density at radius 2 is 2.27 bits per heavy atom. The molecule has 0 saturated carbocycles. The average Bonchev–Trinajstić information content (AvgIpc) is 2.05. The Morgan fingerprint density at radius 3 is 2.73 bits per heavy atom. The van der Waals surface area contributed by atoms with Gasteiger partial charge in [-0.25, -0.2) is 4.79 Å². The van der Waals surface area contributed by atoms with Crippen LogP contribution in [0.15, 0.2) is 11.8 Å². The summed E-state index contributed by atoms with van der Waals surface area (Å²) in [7, 11) is 0. The van der Waals surface area contributed by atoms with Gasteiger partial charge in [-0.15, -0.1) is 0 Å². The maximum atomic E-state index is 9.71. The van der Waals surface area contributed by atoms with Gasteiger partial charge in [0, 0.05) is 0 Å². The maximum Gasteiger partial charge on any atom is 0.422 e. The summed E-state index contributed by atoms with van der Waals surface area (Å²) >= 11 is 0. The lowest BCUT2D eigenvalue weighted by atomic mass is 10.1. The molecule has 0 rings (SSSR count). The van der Waals surface area contributed by atoms with E-state index >= 15 is 0 Å². The highest BCUT2D eigenvalue weighted by Gasteiger charge is 1.93. The first-order valence-corrected chi connectivity index (χ1v) is 4.05.